The van der Waals surface area contributed by atoms with Gasteiger partial charge in [-0.05, 0) is 39.2 Å². The average Bonchev–Trinajstić information content (AvgIpc) is 2.36. The fourth-order valence-electron chi connectivity index (χ4n) is 3.46. The SMILES string of the molecule is CCCNC(=O)CN1C2CCCC1CC(NC)C2. The van der Waals surface area contributed by atoms with Crippen molar-refractivity contribution in [1.82, 2.24) is 15.5 Å². The van der Waals surface area contributed by atoms with Crippen LogP contribution in [0.25, 0.3) is 0 Å². The number of rotatable bonds is 5. The molecule has 104 valence electrons. The van der Waals surface area contributed by atoms with E-state index in [1.807, 2.05) is 0 Å². The lowest BCUT2D eigenvalue weighted by Gasteiger charge is -2.48. The summed E-state index contributed by atoms with van der Waals surface area (Å²) >= 11 is 0. The Morgan fingerprint density at radius 3 is 2.50 bits per heavy atom. The fourth-order valence-corrected chi connectivity index (χ4v) is 3.46. The molecule has 0 saturated carbocycles. The number of nitrogens with one attached hydrogen (secondary N) is 2. The molecule has 2 N–H and O–H groups in total. The maximum atomic E-state index is 11.9. The number of fused-ring (bicyclic) bond motifs is 2. The molecule has 2 atom stereocenters. The average molecular weight is 253 g/mol. The van der Waals surface area contributed by atoms with Crippen LogP contribution in [0.4, 0.5) is 0 Å². The Morgan fingerprint density at radius 1 is 1.28 bits per heavy atom. The van der Waals surface area contributed by atoms with E-state index in [9.17, 15) is 4.79 Å². The Balaban J connectivity index is 1.90. The van der Waals surface area contributed by atoms with Crippen molar-refractivity contribution in [2.75, 3.05) is 20.1 Å². The first-order valence-corrected chi connectivity index (χ1v) is 7.44. The molecular weight excluding hydrogens is 226 g/mol. The van der Waals surface area contributed by atoms with Gasteiger partial charge in [0.05, 0.1) is 6.54 Å². The largest absolute Gasteiger partial charge is 0.355 e. The molecule has 4 nitrogen and oxygen atoms in total. The van der Waals surface area contributed by atoms with E-state index in [1.165, 1.54) is 32.1 Å². The van der Waals surface area contributed by atoms with Gasteiger partial charge in [-0.2, -0.15) is 0 Å². The molecule has 0 aromatic heterocycles. The first-order valence-electron chi connectivity index (χ1n) is 7.44. The van der Waals surface area contributed by atoms with E-state index < -0.39 is 0 Å². The summed E-state index contributed by atoms with van der Waals surface area (Å²) in [5, 5.41) is 6.41. The van der Waals surface area contributed by atoms with Gasteiger partial charge in [-0.15, -0.1) is 0 Å². The molecule has 2 aliphatic heterocycles. The molecule has 2 bridgehead atoms. The van der Waals surface area contributed by atoms with Crippen molar-refractivity contribution in [1.29, 1.82) is 0 Å². The number of amides is 1. The lowest BCUT2D eigenvalue weighted by molar-refractivity contribution is -0.125. The standard InChI is InChI=1S/C14H27N3O/c1-3-7-16-14(18)10-17-12-5-4-6-13(17)9-11(8-12)15-2/h11-13,15H,3-10H2,1-2H3,(H,16,18). The predicted molar refractivity (Wildman–Crippen MR) is 73.5 cm³/mol. The summed E-state index contributed by atoms with van der Waals surface area (Å²) in [6, 6.07) is 1.87. The highest BCUT2D eigenvalue weighted by Gasteiger charge is 2.38. The third-order valence-electron chi connectivity index (χ3n) is 4.43. The lowest BCUT2D eigenvalue weighted by atomic mass is 9.82. The van der Waals surface area contributed by atoms with Gasteiger partial charge in [-0.25, -0.2) is 0 Å². The summed E-state index contributed by atoms with van der Waals surface area (Å²) in [4.78, 5) is 14.3. The topological polar surface area (TPSA) is 44.4 Å². The number of piperidine rings is 2. The summed E-state index contributed by atoms with van der Waals surface area (Å²) < 4.78 is 0. The van der Waals surface area contributed by atoms with E-state index >= 15 is 0 Å². The summed E-state index contributed by atoms with van der Waals surface area (Å²) in [6.45, 7) is 3.50. The summed E-state index contributed by atoms with van der Waals surface area (Å²) in [5.41, 5.74) is 0. The Hall–Kier alpha value is -0.610. The number of carbonyl (C=O) groups is 1. The summed E-state index contributed by atoms with van der Waals surface area (Å²) in [7, 11) is 2.06. The van der Waals surface area contributed by atoms with Gasteiger partial charge >= 0.3 is 0 Å². The third-order valence-corrected chi connectivity index (χ3v) is 4.43. The van der Waals surface area contributed by atoms with E-state index in [1.54, 1.807) is 0 Å². The molecule has 2 rings (SSSR count). The second-order valence-corrected chi connectivity index (χ2v) is 5.72. The van der Waals surface area contributed by atoms with Gasteiger partial charge in [0.2, 0.25) is 5.91 Å². The van der Waals surface area contributed by atoms with Gasteiger partial charge in [0.1, 0.15) is 0 Å². The molecule has 2 saturated heterocycles. The quantitative estimate of drug-likeness (QED) is 0.771. The maximum Gasteiger partial charge on any atom is 0.234 e. The molecular formula is C14H27N3O. The molecule has 4 heteroatoms. The molecule has 0 aliphatic carbocycles. The summed E-state index contributed by atoms with van der Waals surface area (Å²) in [6.07, 6.45) is 7.27. The highest BCUT2D eigenvalue weighted by molar-refractivity contribution is 5.78. The van der Waals surface area contributed by atoms with Crippen molar-refractivity contribution in [2.24, 2.45) is 0 Å². The van der Waals surface area contributed by atoms with Crippen LogP contribution in [0.5, 0.6) is 0 Å². The zero-order valence-electron chi connectivity index (χ0n) is 11.7. The molecule has 0 spiro atoms. The number of hydrogen-bond donors (Lipinski definition) is 2. The van der Waals surface area contributed by atoms with Crippen LogP contribution in [-0.4, -0.2) is 49.1 Å². The van der Waals surface area contributed by atoms with Crippen molar-refractivity contribution < 1.29 is 4.79 Å². The van der Waals surface area contributed by atoms with Gasteiger partial charge < -0.3 is 10.6 Å². The summed E-state index contributed by atoms with van der Waals surface area (Å²) in [5.74, 6) is 0.205. The minimum atomic E-state index is 0.205. The molecule has 1 amide bonds. The minimum absolute atomic E-state index is 0.205. The lowest BCUT2D eigenvalue weighted by Crippen LogP contribution is -2.58. The predicted octanol–water partition coefficient (Wildman–Crippen LogP) is 1.12. The van der Waals surface area contributed by atoms with Crippen LogP contribution in [0.15, 0.2) is 0 Å². The molecule has 0 aromatic carbocycles. The van der Waals surface area contributed by atoms with Gasteiger partial charge in [-0.3, -0.25) is 9.69 Å². The molecule has 2 heterocycles. The normalized spacial score (nSPS) is 32.2. The fraction of sp³-hybridized carbons (Fsp3) is 0.929. The zero-order valence-corrected chi connectivity index (χ0v) is 11.7. The van der Waals surface area contributed by atoms with E-state index in [-0.39, 0.29) is 5.91 Å². The number of carbonyl (C=O) groups excluding carboxylic acids is 1. The highest BCUT2D eigenvalue weighted by atomic mass is 16.2. The van der Waals surface area contributed by atoms with Crippen molar-refractivity contribution in [2.45, 2.75) is 63.6 Å². The van der Waals surface area contributed by atoms with Crippen LogP contribution < -0.4 is 10.6 Å². The smallest absolute Gasteiger partial charge is 0.234 e. The third kappa shape index (κ3) is 3.23. The van der Waals surface area contributed by atoms with Crippen LogP contribution in [0.1, 0.15) is 45.4 Å². The van der Waals surface area contributed by atoms with Crippen molar-refractivity contribution >= 4 is 5.91 Å². The zero-order chi connectivity index (χ0) is 13.0. The van der Waals surface area contributed by atoms with Gasteiger partial charge in [0, 0.05) is 24.7 Å². The van der Waals surface area contributed by atoms with Crippen LogP contribution in [0.3, 0.4) is 0 Å². The van der Waals surface area contributed by atoms with E-state index in [2.05, 4.69) is 29.5 Å². The Morgan fingerprint density at radius 2 is 1.94 bits per heavy atom. The molecule has 2 fully saturated rings. The van der Waals surface area contributed by atoms with E-state index in [0.717, 1.165) is 13.0 Å². The molecule has 2 unspecified atom stereocenters. The Labute approximate surface area is 110 Å². The van der Waals surface area contributed by atoms with E-state index in [0.29, 0.717) is 24.7 Å². The first-order chi connectivity index (χ1) is 8.74. The number of nitrogens with zero attached hydrogens (tertiary/aromatic N) is 1. The van der Waals surface area contributed by atoms with Crippen LogP contribution in [-0.2, 0) is 4.79 Å². The first kappa shape index (κ1) is 13.8. The van der Waals surface area contributed by atoms with Crippen molar-refractivity contribution in [3.05, 3.63) is 0 Å². The monoisotopic (exact) mass is 253 g/mol. The second kappa shape index (κ2) is 6.53. The number of hydrogen-bond acceptors (Lipinski definition) is 3. The van der Waals surface area contributed by atoms with Crippen LogP contribution in [0, 0.1) is 0 Å². The van der Waals surface area contributed by atoms with Crippen molar-refractivity contribution in [3.63, 3.8) is 0 Å². The molecule has 0 radical (unpaired) electrons. The molecule has 18 heavy (non-hydrogen) atoms. The van der Waals surface area contributed by atoms with E-state index in [4.69, 9.17) is 0 Å². The Kier molecular flexibility index (Phi) is 5.01. The molecule has 0 aromatic rings. The van der Waals surface area contributed by atoms with Crippen LogP contribution in [0.2, 0.25) is 0 Å². The van der Waals surface area contributed by atoms with Crippen LogP contribution >= 0.6 is 0 Å². The Bertz CT molecular complexity index is 268. The van der Waals surface area contributed by atoms with Gasteiger partial charge in [0.15, 0.2) is 0 Å². The minimum Gasteiger partial charge on any atom is -0.355 e. The maximum absolute atomic E-state index is 11.9. The molecule has 2 aliphatic rings. The van der Waals surface area contributed by atoms with Gasteiger partial charge in [-0.1, -0.05) is 13.3 Å². The highest BCUT2D eigenvalue weighted by Crippen LogP contribution is 2.33. The second-order valence-electron chi connectivity index (χ2n) is 5.72. The van der Waals surface area contributed by atoms with Crippen molar-refractivity contribution in [3.8, 4) is 0 Å². The van der Waals surface area contributed by atoms with Gasteiger partial charge in [0.25, 0.3) is 0 Å².